The second-order valence-electron chi connectivity index (χ2n) is 24.7. The number of unbranched alkanes of at least 4 members (excludes halogenated alkanes) is 43. The second-order valence-corrected chi connectivity index (χ2v) is 24.7. The van der Waals surface area contributed by atoms with Crippen molar-refractivity contribution in [2.45, 2.75) is 383 Å². The number of aliphatic hydroxyl groups excluding tert-OH is 7. The largest absolute Gasteiger partial charge is 0.457 e. The van der Waals surface area contributed by atoms with Crippen molar-refractivity contribution in [3.63, 3.8) is 0 Å². The number of allylic oxidation sites excluding steroid dienone is 2. The van der Waals surface area contributed by atoms with Crippen molar-refractivity contribution in [3.8, 4) is 0 Å². The van der Waals surface area contributed by atoms with Crippen molar-refractivity contribution >= 4 is 5.97 Å². The van der Waals surface area contributed by atoms with E-state index in [0.29, 0.717) is 6.61 Å². The number of carbonyl (C=O) groups excluding carboxylic acids is 1. The van der Waals surface area contributed by atoms with Crippen LogP contribution in [0, 0.1) is 0 Å². The zero-order valence-electron chi connectivity index (χ0n) is 52.8. The summed E-state index contributed by atoms with van der Waals surface area (Å²) < 4.78 is 34.6. The van der Waals surface area contributed by atoms with E-state index in [1.54, 1.807) is 0 Å². The van der Waals surface area contributed by atoms with Gasteiger partial charge in [-0.15, -0.1) is 0 Å². The summed E-state index contributed by atoms with van der Waals surface area (Å²) in [6.45, 7) is 3.78. The van der Waals surface area contributed by atoms with Gasteiger partial charge in [0.1, 0.15) is 54.9 Å². The molecule has 486 valence electrons. The highest BCUT2D eigenvalue weighted by atomic mass is 16.7. The molecule has 0 spiro atoms. The molecule has 2 saturated heterocycles. The highest BCUT2D eigenvalue weighted by molar-refractivity contribution is 5.69. The third kappa shape index (κ3) is 40.2. The van der Waals surface area contributed by atoms with E-state index in [4.69, 9.17) is 28.4 Å². The lowest BCUT2D eigenvalue weighted by Gasteiger charge is -2.42. The van der Waals surface area contributed by atoms with Gasteiger partial charge in [-0.3, -0.25) is 4.79 Å². The maximum Gasteiger partial charge on any atom is 0.306 e. The van der Waals surface area contributed by atoms with Gasteiger partial charge in [-0.25, -0.2) is 0 Å². The Bertz CT molecular complexity index is 1410. The highest BCUT2D eigenvalue weighted by Crippen LogP contribution is 2.27. The fourth-order valence-corrected chi connectivity index (χ4v) is 11.5. The molecule has 0 aromatic rings. The monoisotopic (exact) mass is 1170 g/mol. The molecule has 0 aromatic heterocycles. The summed E-state index contributed by atoms with van der Waals surface area (Å²) in [5, 5.41) is 72.6. The molecule has 2 heterocycles. The summed E-state index contributed by atoms with van der Waals surface area (Å²) in [5.41, 5.74) is 0. The van der Waals surface area contributed by atoms with Crippen molar-refractivity contribution in [3.05, 3.63) is 12.2 Å². The van der Waals surface area contributed by atoms with E-state index in [0.717, 1.165) is 44.9 Å². The molecule has 11 unspecified atom stereocenters. The Labute approximate surface area is 501 Å². The van der Waals surface area contributed by atoms with Crippen LogP contribution in [0.3, 0.4) is 0 Å². The Hall–Kier alpha value is -1.27. The van der Waals surface area contributed by atoms with Crippen molar-refractivity contribution in [2.24, 2.45) is 0 Å². The first-order valence-electron chi connectivity index (χ1n) is 34.8. The van der Waals surface area contributed by atoms with Crippen molar-refractivity contribution in [1.29, 1.82) is 0 Å². The van der Waals surface area contributed by atoms with Gasteiger partial charge in [0.2, 0.25) is 0 Å². The average molecular weight is 1170 g/mol. The maximum absolute atomic E-state index is 13.1. The first-order chi connectivity index (χ1) is 40.1. The fraction of sp³-hybridized carbons (Fsp3) is 0.956. The zero-order valence-corrected chi connectivity index (χ0v) is 52.8. The summed E-state index contributed by atoms with van der Waals surface area (Å²) in [4.78, 5) is 13.1. The van der Waals surface area contributed by atoms with Crippen LogP contribution in [0.2, 0.25) is 0 Å². The molecule has 14 heteroatoms. The number of aliphatic hydroxyl groups is 7. The van der Waals surface area contributed by atoms with Crippen LogP contribution in [0.25, 0.3) is 0 Å². The molecule has 2 rings (SSSR count). The van der Waals surface area contributed by atoms with Crippen LogP contribution in [0.4, 0.5) is 0 Å². The third-order valence-corrected chi connectivity index (χ3v) is 17.0. The lowest BCUT2D eigenvalue weighted by atomic mass is 9.98. The topological polar surface area (TPSA) is 214 Å². The maximum atomic E-state index is 13.1. The van der Waals surface area contributed by atoms with Crippen LogP contribution in [-0.4, -0.2) is 142 Å². The highest BCUT2D eigenvalue weighted by Gasteiger charge is 2.47. The Morgan fingerprint density at radius 2 is 0.720 bits per heavy atom. The van der Waals surface area contributed by atoms with E-state index in [1.807, 2.05) is 0 Å². The van der Waals surface area contributed by atoms with E-state index in [9.17, 15) is 40.5 Å². The van der Waals surface area contributed by atoms with Gasteiger partial charge in [0.15, 0.2) is 12.6 Å². The number of esters is 1. The van der Waals surface area contributed by atoms with E-state index in [1.165, 1.54) is 250 Å². The van der Waals surface area contributed by atoms with Crippen LogP contribution in [0.5, 0.6) is 0 Å². The summed E-state index contributed by atoms with van der Waals surface area (Å²) in [7, 11) is 0. The molecular formula is C68H130O14. The fourth-order valence-electron chi connectivity index (χ4n) is 11.5. The second kappa shape index (κ2) is 55.1. The number of rotatable bonds is 59. The Balaban J connectivity index is 1.63. The first-order valence-corrected chi connectivity index (χ1v) is 34.8. The summed E-state index contributed by atoms with van der Waals surface area (Å²) in [5.74, 6) is -0.366. The van der Waals surface area contributed by atoms with E-state index < -0.39 is 80.7 Å². The minimum Gasteiger partial charge on any atom is -0.457 e. The molecular weight excluding hydrogens is 1040 g/mol. The van der Waals surface area contributed by atoms with Gasteiger partial charge in [0.05, 0.1) is 26.4 Å². The van der Waals surface area contributed by atoms with Crippen LogP contribution < -0.4 is 0 Å². The predicted octanol–water partition coefficient (Wildman–Crippen LogP) is 14.5. The predicted molar refractivity (Wildman–Crippen MR) is 331 cm³/mol. The normalized spacial score (nSPS) is 23.5. The summed E-state index contributed by atoms with van der Waals surface area (Å²) in [6.07, 6.45) is 48.6. The van der Waals surface area contributed by atoms with Gasteiger partial charge >= 0.3 is 5.97 Å². The van der Waals surface area contributed by atoms with Crippen molar-refractivity contribution in [2.75, 3.05) is 33.0 Å². The van der Waals surface area contributed by atoms with Gasteiger partial charge in [0.25, 0.3) is 0 Å². The van der Waals surface area contributed by atoms with Gasteiger partial charge in [-0.2, -0.15) is 0 Å². The molecule has 2 fully saturated rings. The van der Waals surface area contributed by atoms with Crippen LogP contribution in [-0.2, 0) is 33.2 Å². The lowest BCUT2D eigenvalue weighted by Crippen LogP contribution is -2.61. The molecule has 0 aliphatic carbocycles. The summed E-state index contributed by atoms with van der Waals surface area (Å²) >= 11 is 0. The number of carbonyl (C=O) groups is 1. The van der Waals surface area contributed by atoms with Crippen LogP contribution in [0.15, 0.2) is 12.2 Å². The minimum atomic E-state index is -1.70. The molecule has 7 N–H and O–H groups in total. The molecule has 0 aromatic carbocycles. The third-order valence-electron chi connectivity index (χ3n) is 17.0. The van der Waals surface area contributed by atoms with Gasteiger partial charge in [-0.1, -0.05) is 283 Å². The van der Waals surface area contributed by atoms with Gasteiger partial charge in [-0.05, 0) is 38.5 Å². The molecule has 82 heavy (non-hydrogen) atoms. The average Bonchev–Trinajstić information content (AvgIpc) is 3.52. The minimum absolute atomic E-state index is 0.0690. The Kier molecular flexibility index (Phi) is 51.6. The Morgan fingerprint density at radius 3 is 1.11 bits per heavy atom. The van der Waals surface area contributed by atoms with E-state index in [-0.39, 0.29) is 25.6 Å². The Morgan fingerprint density at radius 1 is 0.390 bits per heavy atom. The number of hydrogen-bond acceptors (Lipinski definition) is 14. The molecule has 0 amide bonds. The van der Waals surface area contributed by atoms with Crippen molar-refractivity contribution in [1.82, 2.24) is 0 Å². The molecule has 2 aliphatic rings. The SMILES string of the molecule is CCCCCCCCCC/C=C\CCCCCCCCCCCCCCCCOCC(COC1OC(COC2OC(CO)C(O)C(O)C2O)C(O)C(O)C1O)OC(=O)CCCCCCCCCCCCCCCCCCCCCCCC. The van der Waals surface area contributed by atoms with Gasteiger partial charge in [0, 0.05) is 13.0 Å². The van der Waals surface area contributed by atoms with Gasteiger partial charge < -0.3 is 64.2 Å². The standard InChI is InChI=1S/C68H130O14/c1-3-5-7-9-11-13-15-17-19-21-23-25-27-28-29-30-32-34-36-38-40-42-44-46-48-50-52-77-54-57(55-78-67-66(76)64(74)62(72)59(82-67)56-79-68-65(75)63(73)61(71)58(53-69)81-68)80-60(70)51-49-47-45-43-41-39-37-35-33-31-26-24-22-20-18-16-14-12-10-8-6-4-2/h21,23,57-59,61-69,71-76H,3-20,22,24-56H2,1-2H3/b23-21-. The van der Waals surface area contributed by atoms with Crippen LogP contribution in [0.1, 0.15) is 316 Å². The molecule has 0 saturated carbocycles. The molecule has 0 bridgehead atoms. The van der Waals surface area contributed by atoms with E-state index in [2.05, 4.69) is 26.0 Å². The summed E-state index contributed by atoms with van der Waals surface area (Å²) in [6, 6.07) is 0. The number of ether oxygens (including phenoxy) is 6. The first kappa shape index (κ1) is 76.8. The zero-order chi connectivity index (χ0) is 59.4. The lowest BCUT2D eigenvalue weighted by molar-refractivity contribution is -0.332. The van der Waals surface area contributed by atoms with Crippen molar-refractivity contribution < 1.29 is 69.0 Å². The molecule has 11 atom stereocenters. The molecule has 14 nitrogen and oxygen atoms in total. The quantitative estimate of drug-likeness (QED) is 0.0171. The molecule has 0 radical (unpaired) electrons. The van der Waals surface area contributed by atoms with E-state index >= 15 is 0 Å². The smallest absolute Gasteiger partial charge is 0.306 e. The molecule has 2 aliphatic heterocycles. The van der Waals surface area contributed by atoms with Crippen LogP contribution >= 0.6 is 0 Å². The number of hydrogen-bond donors (Lipinski definition) is 7.